The number of rotatable bonds is 5. The van der Waals surface area contributed by atoms with Crippen molar-refractivity contribution in [3.8, 4) is 0 Å². The molecular weight excluding hydrogens is 174 g/mol. The number of anilines is 1. The zero-order chi connectivity index (χ0) is 10.4. The Morgan fingerprint density at radius 3 is 2.64 bits per heavy atom. The van der Waals surface area contributed by atoms with E-state index >= 15 is 0 Å². The average Bonchev–Trinajstić information content (AvgIpc) is 2.17. The van der Waals surface area contributed by atoms with Crippen LogP contribution in [0.3, 0.4) is 0 Å². The van der Waals surface area contributed by atoms with Gasteiger partial charge in [0, 0.05) is 18.5 Å². The van der Waals surface area contributed by atoms with Gasteiger partial charge in [0.05, 0.1) is 0 Å². The highest BCUT2D eigenvalue weighted by Gasteiger charge is 2.02. The van der Waals surface area contributed by atoms with Crippen LogP contribution in [0.4, 0.5) is 5.69 Å². The number of aryl methyl sites for hydroxylation is 1. The smallest absolute Gasteiger partial charge is 0.133 e. The molecular formula is C12H17NO. The molecule has 2 N–H and O–H groups in total. The van der Waals surface area contributed by atoms with E-state index in [1.165, 1.54) is 0 Å². The Morgan fingerprint density at radius 2 is 2.00 bits per heavy atom. The van der Waals surface area contributed by atoms with E-state index in [-0.39, 0.29) is 0 Å². The van der Waals surface area contributed by atoms with E-state index in [0.29, 0.717) is 18.6 Å². The van der Waals surface area contributed by atoms with Gasteiger partial charge in [-0.15, -0.1) is 0 Å². The lowest BCUT2D eigenvalue weighted by molar-refractivity contribution is -0.119. The van der Waals surface area contributed by atoms with Crippen molar-refractivity contribution in [3.05, 3.63) is 29.8 Å². The monoisotopic (exact) mass is 191 g/mol. The molecule has 0 fully saturated rings. The molecule has 0 radical (unpaired) electrons. The summed E-state index contributed by atoms with van der Waals surface area (Å²) in [4.78, 5) is 11.3. The fraction of sp³-hybridized carbons (Fsp3) is 0.417. The van der Waals surface area contributed by atoms with E-state index in [1.807, 2.05) is 31.2 Å². The van der Waals surface area contributed by atoms with Crippen molar-refractivity contribution in [2.75, 3.05) is 5.73 Å². The Bertz CT molecular complexity index is 307. The molecule has 0 saturated carbocycles. The molecule has 0 bridgehead atoms. The Morgan fingerprint density at radius 1 is 1.29 bits per heavy atom. The fourth-order valence-electron chi connectivity index (χ4n) is 1.44. The maximum Gasteiger partial charge on any atom is 0.133 e. The van der Waals surface area contributed by atoms with Gasteiger partial charge in [-0.1, -0.05) is 25.1 Å². The second-order valence-corrected chi connectivity index (χ2v) is 3.49. The summed E-state index contributed by atoms with van der Waals surface area (Å²) in [5.41, 5.74) is 7.64. The molecule has 0 aliphatic heterocycles. The predicted octanol–water partition coefficient (Wildman–Crippen LogP) is 2.57. The van der Waals surface area contributed by atoms with E-state index in [1.54, 1.807) is 0 Å². The molecule has 0 unspecified atom stereocenters. The van der Waals surface area contributed by atoms with Gasteiger partial charge in [-0.2, -0.15) is 0 Å². The fourth-order valence-corrected chi connectivity index (χ4v) is 1.44. The van der Waals surface area contributed by atoms with Crippen molar-refractivity contribution in [3.63, 3.8) is 0 Å². The minimum absolute atomic E-state index is 0.329. The maximum absolute atomic E-state index is 11.3. The summed E-state index contributed by atoms with van der Waals surface area (Å²) in [5, 5.41) is 0. The highest BCUT2D eigenvalue weighted by Crippen LogP contribution is 2.13. The summed E-state index contributed by atoms with van der Waals surface area (Å²) in [6, 6.07) is 7.72. The summed E-state index contributed by atoms with van der Waals surface area (Å²) in [7, 11) is 0. The van der Waals surface area contributed by atoms with Gasteiger partial charge >= 0.3 is 0 Å². The van der Waals surface area contributed by atoms with Crippen LogP contribution in [-0.4, -0.2) is 5.78 Å². The number of carbonyl (C=O) groups excluding carboxylic acids is 1. The molecule has 0 spiro atoms. The predicted molar refractivity (Wildman–Crippen MR) is 59.1 cm³/mol. The largest absolute Gasteiger partial charge is 0.399 e. The number of nitrogens with two attached hydrogens (primary N) is 1. The number of para-hydroxylation sites is 1. The first-order valence-electron chi connectivity index (χ1n) is 5.09. The molecule has 0 aliphatic carbocycles. The number of carbonyl (C=O) groups is 1. The second kappa shape index (κ2) is 5.43. The van der Waals surface area contributed by atoms with Crippen LogP contribution in [-0.2, 0) is 11.2 Å². The van der Waals surface area contributed by atoms with Gasteiger partial charge in [-0.3, -0.25) is 4.79 Å². The minimum atomic E-state index is 0.329. The van der Waals surface area contributed by atoms with Crippen LogP contribution in [0.1, 0.15) is 31.7 Å². The molecule has 2 nitrogen and oxygen atoms in total. The van der Waals surface area contributed by atoms with E-state index < -0.39 is 0 Å². The second-order valence-electron chi connectivity index (χ2n) is 3.49. The van der Waals surface area contributed by atoms with Gasteiger partial charge in [0.25, 0.3) is 0 Å². The van der Waals surface area contributed by atoms with Crippen molar-refractivity contribution >= 4 is 11.5 Å². The van der Waals surface area contributed by atoms with Crippen LogP contribution in [0.5, 0.6) is 0 Å². The van der Waals surface area contributed by atoms with Crippen LogP contribution in [0.15, 0.2) is 24.3 Å². The third-order valence-electron chi connectivity index (χ3n) is 2.26. The number of ketones is 1. The molecule has 1 rings (SSSR count). The number of Topliss-reactive ketones (excluding diaryl/α,β-unsaturated/α-hetero) is 1. The first-order valence-corrected chi connectivity index (χ1v) is 5.09. The molecule has 2 heteroatoms. The SMILES string of the molecule is CCCC(=O)CCc1ccccc1N. The van der Waals surface area contributed by atoms with Crippen molar-refractivity contribution in [1.82, 2.24) is 0 Å². The summed E-state index contributed by atoms with van der Waals surface area (Å²) < 4.78 is 0. The number of nitrogen functional groups attached to an aromatic ring is 1. The van der Waals surface area contributed by atoms with Gasteiger partial charge in [0.2, 0.25) is 0 Å². The van der Waals surface area contributed by atoms with Crippen LogP contribution in [0.25, 0.3) is 0 Å². The lowest BCUT2D eigenvalue weighted by atomic mass is 10.0. The molecule has 0 amide bonds. The highest BCUT2D eigenvalue weighted by atomic mass is 16.1. The molecule has 1 aromatic carbocycles. The number of hydrogen-bond acceptors (Lipinski definition) is 2. The number of benzene rings is 1. The van der Waals surface area contributed by atoms with E-state index in [0.717, 1.165) is 24.1 Å². The summed E-state index contributed by atoms with van der Waals surface area (Å²) >= 11 is 0. The molecule has 1 aromatic rings. The lowest BCUT2D eigenvalue weighted by Crippen LogP contribution is -2.01. The lowest BCUT2D eigenvalue weighted by Gasteiger charge is -2.03. The Hall–Kier alpha value is -1.31. The van der Waals surface area contributed by atoms with Crippen LogP contribution < -0.4 is 5.73 Å². The van der Waals surface area contributed by atoms with E-state index in [9.17, 15) is 4.79 Å². The normalized spacial score (nSPS) is 10.1. The molecule has 0 saturated heterocycles. The topological polar surface area (TPSA) is 43.1 Å². The molecule has 76 valence electrons. The Labute approximate surface area is 85.1 Å². The first-order chi connectivity index (χ1) is 6.74. The van der Waals surface area contributed by atoms with Crippen molar-refractivity contribution in [2.45, 2.75) is 32.6 Å². The molecule has 0 heterocycles. The van der Waals surface area contributed by atoms with Gasteiger partial charge in [-0.25, -0.2) is 0 Å². The summed E-state index contributed by atoms with van der Waals surface area (Å²) in [6.07, 6.45) is 3.00. The van der Waals surface area contributed by atoms with Crippen molar-refractivity contribution < 1.29 is 4.79 Å². The Kier molecular flexibility index (Phi) is 4.17. The summed E-state index contributed by atoms with van der Waals surface area (Å²) in [5.74, 6) is 0.329. The zero-order valence-electron chi connectivity index (χ0n) is 8.62. The van der Waals surface area contributed by atoms with Gasteiger partial charge in [0.1, 0.15) is 5.78 Å². The average molecular weight is 191 g/mol. The first kappa shape index (κ1) is 10.8. The van der Waals surface area contributed by atoms with E-state index in [2.05, 4.69) is 0 Å². The molecule has 0 aromatic heterocycles. The quantitative estimate of drug-likeness (QED) is 0.727. The highest BCUT2D eigenvalue weighted by molar-refractivity contribution is 5.78. The van der Waals surface area contributed by atoms with Crippen LogP contribution >= 0.6 is 0 Å². The maximum atomic E-state index is 11.3. The third-order valence-corrected chi connectivity index (χ3v) is 2.26. The van der Waals surface area contributed by atoms with Crippen LogP contribution in [0, 0.1) is 0 Å². The standard InChI is InChI=1S/C12H17NO/c1-2-5-11(14)9-8-10-6-3-4-7-12(10)13/h3-4,6-7H,2,5,8-9,13H2,1H3. The summed E-state index contributed by atoms with van der Waals surface area (Å²) in [6.45, 7) is 2.02. The van der Waals surface area contributed by atoms with Gasteiger partial charge in [-0.05, 0) is 24.5 Å². The third kappa shape index (κ3) is 3.21. The molecule has 0 aliphatic rings. The molecule has 14 heavy (non-hydrogen) atoms. The Balaban J connectivity index is 2.46. The van der Waals surface area contributed by atoms with Crippen molar-refractivity contribution in [1.29, 1.82) is 0 Å². The zero-order valence-corrected chi connectivity index (χ0v) is 8.62. The van der Waals surface area contributed by atoms with Crippen molar-refractivity contribution in [2.24, 2.45) is 0 Å². The van der Waals surface area contributed by atoms with Crippen LogP contribution in [0.2, 0.25) is 0 Å². The van der Waals surface area contributed by atoms with Gasteiger partial charge in [0.15, 0.2) is 0 Å². The molecule has 0 atom stereocenters. The van der Waals surface area contributed by atoms with Gasteiger partial charge < -0.3 is 5.73 Å². The van der Waals surface area contributed by atoms with E-state index in [4.69, 9.17) is 5.73 Å². The number of hydrogen-bond donors (Lipinski definition) is 1. The minimum Gasteiger partial charge on any atom is -0.399 e.